The van der Waals surface area contributed by atoms with Gasteiger partial charge in [0.15, 0.2) is 5.78 Å². The summed E-state index contributed by atoms with van der Waals surface area (Å²) in [6, 6.07) is 6.52. The van der Waals surface area contributed by atoms with Gasteiger partial charge in [-0.2, -0.15) is 12.6 Å². The smallest absolute Gasteiger partial charge is 0.208 e. The first kappa shape index (κ1) is 9.15. The van der Waals surface area contributed by atoms with Crippen molar-refractivity contribution in [3.05, 3.63) is 35.4 Å². The van der Waals surface area contributed by atoms with Gasteiger partial charge in [0.05, 0.1) is 5.71 Å². The van der Waals surface area contributed by atoms with Gasteiger partial charge in [-0.1, -0.05) is 24.3 Å². The molecule has 1 N–H and O–H groups in total. The highest BCUT2D eigenvalue weighted by Gasteiger charge is 2.34. The Morgan fingerprint density at radius 1 is 1.14 bits per heavy atom. The second kappa shape index (κ2) is 3.06. The molecule has 70 valence electrons. The van der Waals surface area contributed by atoms with Crippen molar-refractivity contribution in [1.29, 1.82) is 5.41 Å². The number of thiol groups is 1. The van der Waals surface area contributed by atoms with Gasteiger partial charge in [0.25, 0.3) is 0 Å². The Hall–Kier alpha value is -1.42. The molecule has 1 aromatic carbocycles. The maximum Gasteiger partial charge on any atom is 0.208 e. The molecule has 1 aliphatic carbocycles. The topological polar surface area (TPSA) is 58.0 Å². The number of nitrogens with one attached hydrogen (secondary N) is 1. The summed E-state index contributed by atoms with van der Waals surface area (Å²) in [5.74, 6) is -0.672. The van der Waals surface area contributed by atoms with Gasteiger partial charge in [-0.05, 0) is 0 Å². The van der Waals surface area contributed by atoms with Crippen molar-refractivity contribution < 1.29 is 9.59 Å². The maximum atomic E-state index is 11.6. The highest BCUT2D eigenvalue weighted by molar-refractivity contribution is 7.83. The molecular weight excluding hydrogens is 198 g/mol. The van der Waals surface area contributed by atoms with Crippen LogP contribution in [-0.2, 0) is 0 Å². The van der Waals surface area contributed by atoms with Crippen molar-refractivity contribution in [2.45, 2.75) is 5.25 Å². The van der Waals surface area contributed by atoms with Gasteiger partial charge in [0.1, 0.15) is 5.25 Å². The van der Waals surface area contributed by atoms with Crippen LogP contribution in [0.5, 0.6) is 0 Å². The number of rotatable bonds is 0. The molecule has 14 heavy (non-hydrogen) atoms. The number of hydrogen-bond donors (Lipinski definition) is 2. The molecule has 0 bridgehead atoms. The Bertz CT molecular complexity index is 453. The molecule has 0 radical (unpaired) electrons. The highest BCUT2D eigenvalue weighted by Crippen LogP contribution is 2.21. The predicted octanol–water partition coefficient (Wildman–Crippen LogP) is 1.38. The molecular formula is C10H7NO2S. The van der Waals surface area contributed by atoms with Gasteiger partial charge in [-0.3, -0.25) is 15.0 Å². The van der Waals surface area contributed by atoms with Crippen molar-refractivity contribution in [2.24, 2.45) is 0 Å². The third kappa shape index (κ3) is 1.11. The highest BCUT2D eigenvalue weighted by atomic mass is 32.1. The van der Waals surface area contributed by atoms with Crippen LogP contribution in [0.2, 0.25) is 0 Å². The van der Waals surface area contributed by atoms with Gasteiger partial charge in [0.2, 0.25) is 5.78 Å². The largest absolute Gasteiger partial charge is 0.300 e. The van der Waals surface area contributed by atoms with Crippen LogP contribution in [0, 0.1) is 5.41 Å². The molecule has 0 aromatic heterocycles. The number of fused-ring (bicyclic) bond motifs is 1. The summed E-state index contributed by atoms with van der Waals surface area (Å²) in [4.78, 5) is 23.1. The Labute approximate surface area is 86.0 Å². The first-order valence-corrected chi connectivity index (χ1v) is 4.59. The number of Topliss-reactive ketones (excluding diaryl/α,β-unsaturated/α-hetero) is 2. The van der Waals surface area contributed by atoms with Crippen LogP contribution in [0.1, 0.15) is 20.7 Å². The second-order valence-electron chi connectivity index (χ2n) is 3.06. The lowest BCUT2D eigenvalue weighted by Crippen LogP contribution is -2.37. The lowest BCUT2D eigenvalue weighted by atomic mass is 9.88. The summed E-state index contributed by atoms with van der Waals surface area (Å²) in [5.41, 5.74) is 0.443. The Morgan fingerprint density at radius 2 is 1.71 bits per heavy atom. The zero-order chi connectivity index (χ0) is 10.3. The first-order valence-electron chi connectivity index (χ1n) is 4.07. The van der Waals surface area contributed by atoms with Crippen molar-refractivity contribution >= 4 is 29.9 Å². The zero-order valence-corrected chi connectivity index (χ0v) is 8.04. The maximum absolute atomic E-state index is 11.6. The molecule has 0 saturated heterocycles. The van der Waals surface area contributed by atoms with E-state index in [1.165, 1.54) is 0 Å². The van der Waals surface area contributed by atoms with Crippen LogP contribution in [-0.4, -0.2) is 22.5 Å². The summed E-state index contributed by atoms with van der Waals surface area (Å²) in [6.07, 6.45) is 0. The van der Waals surface area contributed by atoms with Crippen molar-refractivity contribution in [2.75, 3.05) is 0 Å². The van der Waals surface area contributed by atoms with E-state index in [-0.39, 0.29) is 11.5 Å². The fourth-order valence-electron chi connectivity index (χ4n) is 1.44. The van der Waals surface area contributed by atoms with E-state index in [4.69, 9.17) is 5.41 Å². The van der Waals surface area contributed by atoms with Gasteiger partial charge in [-0.25, -0.2) is 0 Å². The summed E-state index contributed by atoms with van der Waals surface area (Å²) < 4.78 is 0. The van der Waals surface area contributed by atoms with Crippen LogP contribution in [0.25, 0.3) is 0 Å². The molecule has 0 amide bonds. The first-order chi connectivity index (χ1) is 6.63. The molecule has 0 heterocycles. The van der Waals surface area contributed by atoms with E-state index < -0.39 is 11.0 Å². The number of benzene rings is 1. The van der Waals surface area contributed by atoms with E-state index in [9.17, 15) is 9.59 Å². The molecule has 0 saturated carbocycles. The third-order valence-corrected chi connectivity index (χ3v) is 2.70. The van der Waals surface area contributed by atoms with Gasteiger partial charge in [0, 0.05) is 11.1 Å². The van der Waals surface area contributed by atoms with Crippen LogP contribution in [0.15, 0.2) is 24.3 Å². The average molecular weight is 205 g/mol. The van der Waals surface area contributed by atoms with E-state index in [0.29, 0.717) is 11.1 Å². The minimum Gasteiger partial charge on any atom is -0.300 e. The molecule has 3 nitrogen and oxygen atoms in total. The summed E-state index contributed by atoms with van der Waals surface area (Å²) in [7, 11) is 0. The normalized spacial score (nSPS) is 20.9. The lowest BCUT2D eigenvalue weighted by molar-refractivity contribution is 0.0969. The Balaban J connectivity index is 2.68. The standard InChI is InChI=1S/C10H7NO2S/c11-7-8(12)5-3-1-2-4-6(5)9(13)10(7)14/h1-4,10-11,14H. The molecule has 1 aliphatic rings. The molecule has 0 spiro atoms. The van der Waals surface area contributed by atoms with E-state index in [1.807, 2.05) is 0 Å². The van der Waals surface area contributed by atoms with Crippen molar-refractivity contribution in [1.82, 2.24) is 0 Å². The lowest BCUT2D eigenvalue weighted by Gasteiger charge is -2.18. The molecule has 0 aliphatic heterocycles. The van der Waals surface area contributed by atoms with E-state index in [0.717, 1.165) is 0 Å². The fourth-order valence-corrected chi connectivity index (χ4v) is 1.70. The number of carbonyl (C=O) groups excluding carboxylic acids is 2. The van der Waals surface area contributed by atoms with Gasteiger partial charge >= 0.3 is 0 Å². The predicted molar refractivity (Wildman–Crippen MR) is 55.6 cm³/mol. The van der Waals surface area contributed by atoms with Crippen LogP contribution < -0.4 is 0 Å². The van der Waals surface area contributed by atoms with Crippen LogP contribution in [0.3, 0.4) is 0 Å². The quantitative estimate of drug-likeness (QED) is 0.629. The van der Waals surface area contributed by atoms with Gasteiger partial charge < -0.3 is 0 Å². The van der Waals surface area contributed by atoms with Crippen molar-refractivity contribution in [3.8, 4) is 0 Å². The fraction of sp³-hybridized carbons (Fsp3) is 0.100. The van der Waals surface area contributed by atoms with Gasteiger partial charge in [-0.15, -0.1) is 0 Å². The molecule has 0 fully saturated rings. The number of hydrogen-bond acceptors (Lipinski definition) is 4. The summed E-state index contributed by atoms with van der Waals surface area (Å²) in [5, 5.41) is 6.51. The molecule has 1 atom stereocenters. The molecule has 1 unspecified atom stereocenters. The monoisotopic (exact) mass is 205 g/mol. The summed E-state index contributed by atoms with van der Waals surface area (Å²) >= 11 is 3.94. The minimum atomic E-state index is -0.905. The van der Waals surface area contributed by atoms with Crippen LogP contribution >= 0.6 is 12.6 Å². The van der Waals surface area contributed by atoms with E-state index in [1.54, 1.807) is 24.3 Å². The zero-order valence-electron chi connectivity index (χ0n) is 7.15. The second-order valence-corrected chi connectivity index (χ2v) is 3.57. The average Bonchev–Trinajstić information content (AvgIpc) is 2.23. The third-order valence-electron chi connectivity index (χ3n) is 2.20. The minimum absolute atomic E-state index is 0.239. The van der Waals surface area contributed by atoms with E-state index in [2.05, 4.69) is 12.6 Å². The summed E-state index contributed by atoms with van der Waals surface area (Å²) in [6.45, 7) is 0. The van der Waals surface area contributed by atoms with Crippen LogP contribution in [0.4, 0.5) is 0 Å². The Morgan fingerprint density at radius 3 is 2.36 bits per heavy atom. The number of ketones is 2. The SMILES string of the molecule is N=C1C(=O)c2ccccc2C(=O)C1S. The number of carbonyl (C=O) groups is 2. The molecule has 1 aromatic rings. The molecule has 4 heteroatoms. The Kier molecular flexibility index (Phi) is 2.00. The van der Waals surface area contributed by atoms with Crippen molar-refractivity contribution in [3.63, 3.8) is 0 Å². The molecule has 2 rings (SSSR count). The van der Waals surface area contributed by atoms with E-state index >= 15 is 0 Å².